The van der Waals surface area contributed by atoms with E-state index in [0.29, 0.717) is 5.96 Å². The van der Waals surface area contributed by atoms with E-state index in [2.05, 4.69) is 51.8 Å². The minimum atomic E-state index is -0.0114. The molecule has 0 atom stereocenters. The van der Waals surface area contributed by atoms with Crippen LogP contribution in [0.3, 0.4) is 0 Å². The first kappa shape index (κ1) is 23.0. The van der Waals surface area contributed by atoms with E-state index in [9.17, 15) is 4.79 Å². The van der Waals surface area contributed by atoms with Gasteiger partial charge in [0.15, 0.2) is 5.96 Å². The maximum absolute atomic E-state index is 11.8. The Labute approximate surface area is 175 Å². The van der Waals surface area contributed by atoms with E-state index in [1.807, 2.05) is 6.07 Å². The molecule has 1 aromatic rings. The summed E-state index contributed by atoms with van der Waals surface area (Å²) in [4.78, 5) is 20.1. The highest BCUT2D eigenvalue weighted by Crippen LogP contribution is 2.28. The second kappa shape index (κ2) is 13.0. The molecular formula is C22H37N5O2. The molecular weight excluding hydrogens is 366 g/mol. The number of nitrogens with one attached hydrogen (secondary N) is 2. The lowest BCUT2D eigenvalue weighted by Crippen LogP contribution is -2.40. The minimum absolute atomic E-state index is 0.0114. The number of amides is 1. The van der Waals surface area contributed by atoms with E-state index in [-0.39, 0.29) is 12.5 Å². The number of aliphatic imine (C=N–C) groups is 1. The van der Waals surface area contributed by atoms with Crippen LogP contribution in [-0.4, -0.2) is 77.3 Å². The number of nitrogens with zero attached hydrogens (tertiary/aromatic N) is 3. The smallest absolute Gasteiger partial charge is 0.243 e. The molecule has 162 valence electrons. The van der Waals surface area contributed by atoms with Crippen molar-refractivity contribution in [3.8, 4) is 0 Å². The van der Waals surface area contributed by atoms with Gasteiger partial charge in [0.05, 0.1) is 0 Å². The number of para-hydroxylation sites is 1. The highest BCUT2D eigenvalue weighted by Gasteiger charge is 2.20. The Bertz CT molecular complexity index is 617. The first-order chi connectivity index (χ1) is 14.1. The number of hydrogen-bond donors (Lipinski definition) is 2. The molecule has 0 saturated heterocycles. The van der Waals surface area contributed by atoms with Crippen LogP contribution in [0.2, 0.25) is 0 Å². The van der Waals surface area contributed by atoms with Gasteiger partial charge in [-0.1, -0.05) is 18.2 Å². The maximum Gasteiger partial charge on any atom is 0.243 e. The number of likely N-dealkylation sites (N-methyl/N-ethyl adjacent to an activating group) is 1. The van der Waals surface area contributed by atoms with Gasteiger partial charge in [-0.3, -0.25) is 4.79 Å². The number of benzene rings is 1. The number of hydrogen-bond acceptors (Lipinski definition) is 4. The van der Waals surface area contributed by atoms with Crippen LogP contribution < -0.4 is 15.5 Å². The molecule has 1 aliphatic carbocycles. The van der Waals surface area contributed by atoms with Gasteiger partial charge in [-0.25, -0.2) is 4.99 Å². The predicted octanol–water partition coefficient (Wildman–Crippen LogP) is 1.95. The summed E-state index contributed by atoms with van der Waals surface area (Å²) in [5.41, 5.74) is 1.21. The molecule has 1 amide bonds. The van der Waals surface area contributed by atoms with Crippen LogP contribution in [0, 0.1) is 5.92 Å². The Morgan fingerprint density at radius 2 is 1.79 bits per heavy atom. The fourth-order valence-electron chi connectivity index (χ4n) is 2.71. The van der Waals surface area contributed by atoms with Crippen molar-refractivity contribution in [3.63, 3.8) is 0 Å². The summed E-state index contributed by atoms with van der Waals surface area (Å²) < 4.78 is 5.67. The summed E-state index contributed by atoms with van der Waals surface area (Å²) in [5, 5.41) is 6.65. The summed E-state index contributed by atoms with van der Waals surface area (Å²) in [6, 6.07) is 10.4. The summed E-state index contributed by atoms with van der Waals surface area (Å²) in [6.45, 7) is 4.30. The average Bonchev–Trinajstić information content (AvgIpc) is 3.55. The van der Waals surface area contributed by atoms with Crippen molar-refractivity contribution < 1.29 is 9.53 Å². The third-order valence-electron chi connectivity index (χ3n) is 4.84. The zero-order valence-electron chi connectivity index (χ0n) is 18.2. The van der Waals surface area contributed by atoms with E-state index in [1.54, 1.807) is 19.0 Å². The van der Waals surface area contributed by atoms with Crippen molar-refractivity contribution in [2.75, 3.05) is 65.4 Å². The van der Waals surface area contributed by atoms with Crippen LogP contribution in [0.5, 0.6) is 0 Å². The largest absolute Gasteiger partial charge is 0.381 e. The zero-order valence-corrected chi connectivity index (χ0v) is 18.2. The van der Waals surface area contributed by atoms with Crippen molar-refractivity contribution in [2.24, 2.45) is 10.9 Å². The highest BCUT2D eigenvalue weighted by atomic mass is 16.5. The lowest BCUT2D eigenvalue weighted by Gasteiger charge is -2.20. The molecule has 1 saturated carbocycles. The molecule has 1 aromatic carbocycles. The molecule has 1 fully saturated rings. The Hall–Kier alpha value is -2.28. The highest BCUT2D eigenvalue weighted by molar-refractivity contribution is 5.84. The molecule has 7 heteroatoms. The van der Waals surface area contributed by atoms with Crippen LogP contribution in [0.25, 0.3) is 0 Å². The van der Waals surface area contributed by atoms with Crippen LogP contribution in [-0.2, 0) is 9.53 Å². The topological polar surface area (TPSA) is 69.2 Å². The molecule has 1 aliphatic rings. The van der Waals surface area contributed by atoms with Gasteiger partial charge in [-0.15, -0.1) is 0 Å². The van der Waals surface area contributed by atoms with E-state index in [0.717, 1.165) is 51.6 Å². The summed E-state index contributed by atoms with van der Waals surface area (Å²) in [7, 11) is 5.59. The Kier molecular flexibility index (Phi) is 10.3. The SMILES string of the molecule is CN(C)C(=O)CN=C(NCCCOCC1CC1)NCCCN(C)c1ccccc1. The van der Waals surface area contributed by atoms with Crippen molar-refractivity contribution in [1.82, 2.24) is 15.5 Å². The fraction of sp³-hybridized carbons (Fsp3) is 0.636. The van der Waals surface area contributed by atoms with E-state index < -0.39 is 0 Å². The van der Waals surface area contributed by atoms with Gasteiger partial charge in [0, 0.05) is 59.7 Å². The van der Waals surface area contributed by atoms with Gasteiger partial charge < -0.3 is 25.2 Å². The normalized spacial score (nSPS) is 13.8. The molecule has 0 radical (unpaired) electrons. The summed E-state index contributed by atoms with van der Waals surface area (Å²) >= 11 is 0. The molecule has 2 rings (SSSR count). The predicted molar refractivity (Wildman–Crippen MR) is 119 cm³/mol. The Morgan fingerprint density at radius 1 is 1.10 bits per heavy atom. The monoisotopic (exact) mass is 403 g/mol. The second-order valence-corrected chi connectivity index (χ2v) is 7.79. The first-order valence-corrected chi connectivity index (χ1v) is 10.6. The van der Waals surface area contributed by atoms with Gasteiger partial charge in [0.2, 0.25) is 5.91 Å². The molecule has 2 N–H and O–H groups in total. The van der Waals surface area contributed by atoms with Crippen molar-refractivity contribution in [2.45, 2.75) is 25.7 Å². The quantitative estimate of drug-likeness (QED) is 0.299. The van der Waals surface area contributed by atoms with Crippen LogP contribution in [0.4, 0.5) is 5.69 Å². The van der Waals surface area contributed by atoms with Crippen LogP contribution in [0.1, 0.15) is 25.7 Å². The number of carbonyl (C=O) groups excluding carboxylic acids is 1. The lowest BCUT2D eigenvalue weighted by atomic mass is 10.3. The van der Waals surface area contributed by atoms with Crippen LogP contribution in [0.15, 0.2) is 35.3 Å². The first-order valence-electron chi connectivity index (χ1n) is 10.6. The van der Waals surface area contributed by atoms with E-state index in [1.165, 1.54) is 18.5 Å². The van der Waals surface area contributed by atoms with E-state index >= 15 is 0 Å². The van der Waals surface area contributed by atoms with Crippen LogP contribution >= 0.6 is 0 Å². The molecule has 0 unspecified atom stereocenters. The number of carbonyl (C=O) groups is 1. The van der Waals surface area contributed by atoms with E-state index in [4.69, 9.17) is 4.74 Å². The lowest BCUT2D eigenvalue weighted by molar-refractivity contribution is -0.127. The number of rotatable bonds is 13. The van der Waals surface area contributed by atoms with Gasteiger partial charge in [0.25, 0.3) is 0 Å². The Morgan fingerprint density at radius 3 is 2.45 bits per heavy atom. The number of ether oxygens (including phenoxy) is 1. The molecule has 7 nitrogen and oxygen atoms in total. The molecule has 0 spiro atoms. The third kappa shape index (κ3) is 10.2. The minimum Gasteiger partial charge on any atom is -0.381 e. The molecule has 29 heavy (non-hydrogen) atoms. The fourth-order valence-corrected chi connectivity index (χ4v) is 2.71. The van der Waals surface area contributed by atoms with Gasteiger partial charge >= 0.3 is 0 Å². The third-order valence-corrected chi connectivity index (χ3v) is 4.84. The standard InChI is InChI=1S/C22H37N5O2/c1-26(2)21(28)17-25-22(24-14-8-16-29-18-19-11-12-19)23-13-7-15-27(3)20-9-5-4-6-10-20/h4-6,9-10,19H,7-8,11-18H2,1-3H3,(H2,23,24,25). The molecule has 0 heterocycles. The van der Waals surface area contributed by atoms with Gasteiger partial charge in [0.1, 0.15) is 6.54 Å². The number of anilines is 1. The molecule has 0 aliphatic heterocycles. The summed E-state index contributed by atoms with van der Waals surface area (Å²) in [6.07, 6.45) is 4.53. The van der Waals surface area contributed by atoms with Crippen molar-refractivity contribution >= 4 is 17.6 Å². The maximum atomic E-state index is 11.8. The summed E-state index contributed by atoms with van der Waals surface area (Å²) in [5.74, 6) is 1.47. The molecule has 0 aromatic heterocycles. The van der Waals surface area contributed by atoms with Gasteiger partial charge in [-0.2, -0.15) is 0 Å². The van der Waals surface area contributed by atoms with Crippen molar-refractivity contribution in [1.29, 1.82) is 0 Å². The Balaban J connectivity index is 1.68. The van der Waals surface area contributed by atoms with Crippen molar-refractivity contribution in [3.05, 3.63) is 30.3 Å². The zero-order chi connectivity index (χ0) is 20.9. The second-order valence-electron chi connectivity index (χ2n) is 7.79. The molecule has 0 bridgehead atoms. The average molecular weight is 404 g/mol. The number of guanidine groups is 1. The van der Waals surface area contributed by atoms with Gasteiger partial charge in [-0.05, 0) is 43.7 Å².